The van der Waals surface area contributed by atoms with Gasteiger partial charge < -0.3 is 32.2 Å². The third-order valence-electron chi connectivity index (χ3n) is 10.2. The van der Waals surface area contributed by atoms with Crippen LogP contribution in [-0.4, -0.2) is 85.1 Å². The van der Waals surface area contributed by atoms with E-state index in [2.05, 4.69) is 33.9 Å². The molecular weight excluding hydrogens is 806 g/mol. The Balaban J connectivity index is 2.11. The summed E-state index contributed by atoms with van der Waals surface area (Å²) in [5.41, 5.74) is 0.451. The molecule has 2 aromatic carbocycles. The minimum absolute atomic E-state index is 0.117. The maximum Gasteiger partial charge on any atom is 0.508 e. The predicted molar refractivity (Wildman–Crippen MR) is 224 cm³/mol. The van der Waals surface area contributed by atoms with Crippen molar-refractivity contribution in [3.05, 3.63) is 79.9 Å². The molecule has 328 valence electrons. The van der Waals surface area contributed by atoms with Crippen molar-refractivity contribution in [3.8, 4) is 0 Å². The van der Waals surface area contributed by atoms with Crippen molar-refractivity contribution in [1.82, 2.24) is 4.90 Å². The molecule has 1 aliphatic heterocycles. The highest BCUT2D eigenvalue weighted by molar-refractivity contribution is 7.64. The molecule has 0 saturated carbocycles. The van der Waals surface area contributed by atoms with Gasteiger partial charge in [-0.05, 0) is 85.6 Å². The first kappa shape index (κ1) is 49.2. The normalized spacial score (nSPS) is 16.8. The molecule has 59 heavy (non-hydrogen) atoms. The predicted octanol–water partition coefficient (Wildman–Crippen LogP) is 8.95. The molecule has 0 bridgehead atoms. The van der Waals surface area contributed by atoms with E-state index in [-0.39, 0.29) is 61.5 Å². The van der Waals surface area contributed by atoms with Gasteiger partial charge >= 0.3 is 12.1 Å². The summed E-state index contributed by atoms with van der Waals surface area (Å²) in [6.45, 7) is 19.7. The van der Waals surface area contributed by atoms with Gasteiger partial charge in [-0.15, -0.1) is 0 Å². The first-order valence-electron chi connectivity index (χ1n) is 19.9. The standard InChI is InChI=1S/C40H60N3O14PSi/c1-11-22-53-58(54-23-12-2,55-24-13-3)37(38(45)51-26-30-14-18-32(19-15-30)42(47)48)41-35(28(4)25-56-59(9,10)40(6,7)8)34(36(41)44)29(5)57-39(46)52-27-31-16-20-33(21-17-31)43(49)50/h14-21,28-29,34-35H,11-13,22-27H2,1-10H3. The summed E-state index contributed by atoms with van der Waals surface area (Å²) in [5.74, 6) is -2.94. The van der Waals surface area contributed by atoms with Gasteiger partial charge in [-0.1, -0.05) is 48.5 Å². The van der Waals surface area contributed by atoms with Crippen LogP contribution in [-0.2, 0) is 55.0 Å². The average Bonchev–Trinajstić information content (AvgIpc) is 3.18. The number of ether oxygens (including phenoxy) is 3. The second-order valence-electron chi connectivity index (χ2n) is 15.9. The third kappa shape index (κ3) is 12.9. The molecule has 0 radical (unpaired) electrons. The minimum atomic E-state index is -3.86. The quantitative estimate of drug-likeness (QED) is 0.0255. The van der Waals surface area contributed by atoms with Crippen molar-refractivity contribution in [1.29, 1.82) is 0 Å². The van der Waals surface area contributed by atoms with Crippen molar-refractivity contribution in [2.75, 3.05) is 26.4 Å². The Morgan fingerprint density at radius 3 is 1.64 bits per heavy atom. The number of β-lactam (4-membered cyclic amide) rings is 1. The topological polar surface area (TPSA) is 205 Å². The zero-order chi connectivity index (χ0) is 44.1. The van der Waals surface area contributed by atoms with E-state index in [4.69, 9.17) is 32.2 Å². The Hall–Kier alpha value is -4.19. The van der Waals surface area contributed by atoms with Gasteiger partial charge in [0.05, 0.1) is 41.6 Å². The monoisotopic (exact) mass is 865 g/mol. The SMILES string of the molecule is CCCOP(OCCC)(OCCC)=C(C(=O)OCc1ccc([N+](=O)[O-])cc1)N1C(=O)C(C(C)OC(=O)OCc2ccc([N+](=O)[O-])cc2)C1C(C)CO[Si](C)(C)C(C)(C)C. The van der Waals surface area contributed by atoms with Gasteiger partial charge in [0, 0.05) is 30.9 Å². The number of nitrogens with zero attached hydrogens (tertiary/aromatic N) is 3. The van der Waals surface area contributed by atoms with Gasteiger partial charge in [-0.2, -0.15) is 0 Å². The average molecular weight is 866 g/mol. The summed E-state index contributed by atoms with van der Waals surface area (Å²) in [5, 5.41) is 22.2. The molecule has 1 fully saturated rings. The number of hydrogen-bond donors (Lipinski definition) is 0. The Morgan fingerprint density at radius 1 is 0.797 bits per heavy atom. The maximum atomic E-state index is 14.7. The fourth-order valence-corrected chi connectivity index (χ4v) is 9.59. The molecule has 4 atom stereocenters. The molecule has 1 amide bonds. The first-order chi connectivity index (χ1) is 27.7. The second-order valence-corrected chi connectivity index (χ2v) is 22.9. The number of non-ortho nitro benzene ring substituents is 2. The highest BCUT2D eigenvalue weighted by atomic mass is 31.2. The highest BCUT2D eigenvalue weighted by Crippen LogP contribution is 2.56. The lowest BCUT2D eigenvalue weighted by atomic mass is 9.76. The summed E-state index contributed by atoms with van der Waals surface area (Å²) in [6.07, 6.45) is -0.536. The van der Waals surface area contributed by atoms with Crippen molar-refractivity contribution in [3.63, 3.8) is 0 Å². The Morgan fingerprint density at radius 2 is 1.24 bits per heavy atom. The van der Waals surface area contributed by atoms with Gasteiger partial charge in [0.2, 0.25) is 11.3 Å². The molecule has 4 unspecified atom stereocenters. The smallest absolute Gasteiger partial charge is 0.456 e. The van der Waals surface area contributed by atoms with E-state index in [0.717, 1.165) is 0 Å². The van der Waals surface area contributed by atoms with Crippen LogP contribution < -0.4 is 0 Å². The van der Waals surface area contributed by atoms with Crippen LogP contribution in [0.25, 0.3) is 0 Å². The number of benzene rings is 2. The maximum absolute atomic E-state index is 14.7. The number of nitro benzene ring substituents is 2. The van der Waals surface area contributed by atoms with Crippen molar-refractivity contribution >= 4 is 50.7 Å². The van der Waals surface area contributed by atoms with E-state index >= 15 is 0 Å². The lowest BCUT2D eigenvalue weighted by molar-refractivity contribution is -0.385. The number of nitro groups is 2. The number of amides is 1. The molecule has 0 aliphatic carbocycles. The zero-order valence-corrected chi connectivity index (χ0v) is 37.7. The summed E-state index contributed by atoms with van der Waals surface area (Å²) in [7, 11) is -6.18. The first-order valence-corrected chi connectivity index (χ1v) is 24.3. The van der Waals surface area contributed by atoms with Gasteiger partial charge in [-0.3, -0.25) is 29.9 Å². The molecule has 0 spiro atoms. The molecule has 3 rings (SSSR count). The number of carbonyl (C=O) groups excluding carboxylic acids is 3. The Bertz CT molecular complexity index is 1790. The molecule has 1 saturated heterocycles. The summed E-state index contributed by atoms with van der Waals surface area (Å²) in [4.78, 5) is 64.9. The van der Waals surface area contributed by atoms with Crippen LogP contribution in [0.4, 0.5) is 16.2 Å². The molecule has 0 aromatic heterocycles. The van der Waals surface area contributed by atoms with E-state index in [0.29, 0.717) is 30.4 Å². The number of esters is 1. The zero-order valence-electron chi connectivity index (χ0n) is 35.8. The lowest BCUT2D eigenvalue weighted by Crippen LogP contribution is -2.70. The fraction of sp³-hybridized carbons (Fsp3) is 0.600. The van der Waals surface area contributed by atoms with Crippen LogP contribution in [0, 0.1) is 32.1 Å². The summed E-state index contributed by atoms with van der Waals surface area (Å²) < 4.78 is 42.7. The van der Waals surface area contributed by atoms with Crippen LogP contribution in [0.3, 0.4) is 0 Å². The van der Waals surface area contributed by atoms with Crippen LogP contribution in [0.1, 0.15) is 85.8 Å². The third-order valence-corrected chi connectivity index (χ3v) is 17.1. The van der Waals surface area contributed by atoms with Crippen LogP contribution in [0.2, 0.25) is 18.1 Å². The summed E-state index contributed by atoms with van der Waals surface area (Å²) >= 11 is 0. The van der Waals surface area contributed by atoms with Crippen molar-refractivity contribution in [2.45, 2.75) is 118 Å². The molecule has 1 heterocycles. The molecule has 2 aromatic rings. The van der Waals surface area contributed by atoms with Gasteiger partial charge in [0.1, 0.15) is 19.3 Å². The van der Waals surface area contributed by atoms with E-state index in [1.54, 1.807) is 6.92 Å². The van der Waals surface area contributed by atoms with E-state index < -0.39 is 67.7 Å². The van der Waals surface area contributed by atoms with E-state index in [9.17, 15) is 34.6 Å². The summed E-state index contributed by atoms with van der Waals surface area (Å²) in [6, 6.07) is 10.2. The fourth-order valence-electron chi connectivity index (χ4n) is 5.83. The Kier molecular flexibility index (Phi) is 18.2. The van der Waals surface area contributed by atoms with Gasteiger partial charge in [0.15, 0.2) is 8.32 Å². The minimum Gasteiger partial charge on any atom is -0.456 e. The molecule has 19 heteroatoms. The van der Waals surface area contributed by atoms with Crippen LogP contribution >= 0.6 is 7.57 Å². The number of likely N-dealkylation sites (tertiary alicyclic amines) is 1. The van der Waals surface area contributed by atoms with Crippen molar-refractivity contribution in [2.24, 2.45) is 11.8 Å². The van der Waals surface area contributed by atoms with E-state index in [1.807, 2.05) is 27.7 Å². The van der Waals surface area contributed by atoms with Crippen LogP contribution in [0.5, 0.6) is 0 Å². The number of rotatable bonds is 23. The molecule has 17 nitrogen and oxygen atoms in total. The number of hydrogen-bond acceptors (Lipinski definition) is 14. The van der Waals surface area contributed by atoms with E-state index in [1.165, 1.54) is 53.4 Å². The number of carbonyl (C=O) groups is 3. The largest absolute Gasteiger partial charge is 0.508 e. The molecule has 0 N–H and O–H groups in total. The second kappa shape index (κ2) is 21.9. The van der Waals surface area contributed by atoms with Gasteiger partial charge in [-0.25, -0.2) is 9.59 Å². The highest BCUT2D eigenvalue weighted by Gasteiger charge is 2.59. The molecule has 1 aliphatic rings. The lowest BCUT2D eigenvalue weighted by Gasteiger charge is -2.52. The Labute approximate surface area is 347 Å². The van der Waals surface area contributed by atoms with Crippen LogP contribution in [0.15, 0.2) is 48.5 Å². The van der Waals surface area contributed by atoms with Gasteiger partial charge in [0.25, 0.3) is 18.9 Å². The van der Waals surface area contributed by atoms with Crippen molar-refractivity contribution < 1.29 is 56.4 Å². The molecular formula is C40H60N3O14PSi.